The summed E-state index contributed by atoms with van der Waals surface area (Å²) in [7, 11) is 0. The van der Waals surface area contributed by atoms with E-state index in [9.17, 15) is 0 Å². The third-order valence-corrected chi connectivity index (χ3v) is 3.94. The van der Waals surface area contributed by atoms with Crippen molar-refractivity contribution in [3.63, 3.8) is 0 Å². The van der Waals surface area contributed by atoms with E-state index >= 15 is 0 Å². The van der Waals surface area contributed by atoms with Crippen LogP contribution in [0.4, 0.5) is 0 Å². The molecule has 1 aromatic rings. The van der Waals surface area contributed by atoms with Crippen molar-refractivity contribution < 1.29 is 4.74 Å². The summed E-state index contributed by atoms with van der Waals surface area (Å²) in [5.41, 5.74) is 8.26. The molecule has 1 aromatic carbocycles. The first-order chi connectivity index (χ1) is 8.79. The number of ether oxygens (including phenoxy) is 1. The minimum absolute atomic E-state index is 0.443. The third kappa shape index (κ3) is 3.82. The maximum Gasteiger partial charge on any atom is 0.0720 e. The lowest BCUT2D eigenvalue weighted by molar-refractivity contribution is 0.0168. The topological polar surface area (TPSA) is 35.2 Å². The molecule has 1 aliphatic rings. The molecule has 18 heavy (non-hydrogen) atoms. The van der Waals surface area contributed by atoms with Crippen LogP contribution in [0.15, 0.2) is 24.3 Å². The molecule has 1 fully saturated rings. The molecule has 1 aliphatic carbocycles. The minimum atomic E-state index is 0.443. The fraction of sp³-hybridized carbons (Fsp3) is 0.625. The maximum atomic E-state index is 5.97. The summed E-state index contributed by atoms with van der Waals surface area (Å²) < 4.78 is 5.97. The van der Waals surface area contributed by atoms with E-state index in [0.717, 1.165) is 6.61 Å². The zero-order valence-electron chi connectivity index (χ0n) is 11.4. The van der Waals surface area contributed by atoms with Crippen molar-refractivity contribution in [2.75, 3.05) is 6.54 Å². The van der Waals surface area contributed by atoms with Crippen molar-refractivity contribution in [2.24, 2.45) is 5.73 Å². The van der Waals surface area contributed by atoms with E-state index in [4.69, 9.17) is 10.5 Å². The summed E-state index contributed by atoms with van der Waals surface area (Å²) in [6.45, 7) is 3.62. The molecule has 0 amide bonds. The molecule has 0 bridgehead atoms. The minimum Gasteiger partial charge on any atom is -0.374 e. The van der Waals surface area contributed by atoms with Crippen LogP contribution < -0.4 is 5.73 Å². The molecule has 1 unspecified atom stereocenters. The van der Waals surface area contributed by atoms with Crippen LogP contribution in [0, 0.1) is 0 Å². The Morgan fingerprint density at radius 3 is 2.44 bits per heavy atom. The van der Waals surface area contributed by atoms with Crippen LogP contribution in [0.1, 0.15) is 56.1 Å². The van der Waals surface area contributed by atoms with Crippen LogP contribution in [0.25, 0.3) is 0 Å². The smallest absolute Gasteiger partial charge is 0.0720 e. The molecule has 2 N–H and O–H groups in total. The van der Waals surface area contributed by atoms with E-state index < -0.39 is 0 Å². The quantitative estimate of drug-likeness (QED) is 0.863. The molecular weight excluding hydrogens is 222 g/mol. The van der Waals surface area contributed by atoms with Gasteiger partial charge in [-0.05, 0) is 36.4 Å². The van der Waals surface area contributed by atoms with Gasteiger partial charge in [0.1, 0.15) is 0 Å². The van der Waals surface area contributed by atoms with Crippen LogP contribution in [0.2, 0.25) is 0 Å². The van der Waals surface area contributed by atoms with Crippen LogP contribution in [-0.4, -0.2) is 12.6 Å². The normalized spacial score (nSPS) is 18.8. The van der Waals surface area contributed by atoms with Crippen molar-refractivity contribution in [1.29, 1.82) is 0 Å². The zero-order chi connectivity index (χ0) is 12.8. The van der Waals surface area contributed by atoms with Gasteiger partial charge < -0.3 is 10.5 Å². The van der Waals surface area contributed by atoms with Crippen molar-refractivity contribution >= 4 is 0 Å². The molecule has 100 valence electrons. The van der Waals surface area contributed by atoms with E-state index in [2.05, 4.69) is 31.2 Å². The van der Waals surface area contributed by atoms with Crippen molar-refractivity contribution in [3.05, 3.63) is 35.4 Å². The Kier molecular flexibility index (Phi) is 5.21. The summed E-state index contributed by atoms with van der Waals surface area (Å²) in [4.78, 5) is 0. The fourth-order valence-electron chi connectivity index (χ4n) is 2.52. The molecule has 1 atom stereocenters. The molecule has 2 nitrogen and oxygen atoms in total. The highest BCUT2D eigenvalue weighted by Crippen LogP contribution is 2.22. The van der Waals surface area contributed by atoms with Gasteiger partial charge in [0.2, 0.25) is 0 Å². The Balaban J connectivity index is 1.82. The molecule has 2 rings (SSSR count). The van der Waals surface area contributed by atoms with Gasteiger partial charge in [-0.1, -0.05) is 50.5 Å². The number of hydrogen-bond donors (Lipinski definition) is 1. The van der Waals surface area contributed by atoms with Gasteiger partial charge in [-0.3, -0.25) is 0 Å². The first kappa shape index (κ1) is 13.6. The molecule has 0 aliphatic heterocycles. The Labute approximate surface area is 111 Å². The molecule has 0 saturated heterocycles. The van der Waals surface area contributed by atoms with E-state index in [-0.39, 0.29) is 0 Å². The van der Waals surface area contributed by atoms with E-state index in [1.54, 1.807) is 0 Å². The molecule has 0 aromatic heterocycles. The number of nitrogens with two attached hydrogens (primary N) is 1. The monoisotopic (exact) mass is 247 g/mol. The highest BCUT2D eigenvalue weighted by atomic mass is 16.5. The first-order valence-corrected chi connectivity index (χ1v) is 7.20. The van der Waals surface area contributed by atoms with Crippen LogP contribution in [-0.2, 0) is 11.3 Å². The number of benzene rings is 1. The number of hydrogen-bond acceptors (Lipinski definition) is 2. The fourth-order valence-corrected chi connectivity index (χ4v) is 2.52. The maximum absolute atomic E-state index is 5.97. The summed E-state index contributed by atoms with van der Waals surface area (Å²) in [5.74, 6) is 0.443. The van der Waals surface area contributed by atoms with Gasteiger partial charge in [0, 0.05) is 0 Å². The SMILES string of the molecule is CC(CN)c1ccc(COC2CCCCC2)cc1. The first-order valence-electron chi connectivity index (χ1n) is 7.20. The second-order valence-corrected chi connectivity index (χ2v) is 5.45. The largest absolute Gasteiger partial charge is 0.374 e. The van der Waals surface area contributed by atoms with Crippen molar-refractivity contribution in [3.8, 4) is 0 Å². The zero-order valence-corrected chi connectivity index (χ0v) is 11.4. The Bertz CT molecular complexity index is 341. The lowest BCUT2D eigenvalue weighted by Gasteiger charge is -2.22. The second-order valence-electron chi connectivity index (χ2n) is 5.45. The van der Waals surface area contributed by atoms with E-state index in [1.165, 1.54) is 43.2 Å². The van der Waals surface area contributed by atoms with Crippen molar-refractivity contribution in [2.45, 2.75) is 57.7 Å². The van der Waals surface area contributed by atoms with Crippen molar-refractivity contribution in [1.82, 2.24) is 0 Å². The molecule has 0 radical (unpaired) electrons. The van der Waals surface area contributed by atoms with Gasteiger partial charge in [-0.2, -0.15) is 0 Å². The predicted octanol–water partition coefficient (Wildman–Crippen LogP) is 3.60. The summed E-state index contributed by atoms with van der Waals surface area (Å²) in [6.07, 6.45) is 7.01. The van der Waals surface area contributed by atoms with E-state index in [1.807, 2.05) is 0 Å². The number of rotatable bonds is 5. The highest BCUT2D eigenvalue weighted by molar-refractivity contribution is 5.24. The standard InChI is InChI=1S/C16H25NO/c1-13(11-17)15-9-7-14(8-10-15)12-18-16-5-3-2-4-6-16/h7-10,13,16H,2-6,11-12,17H2,1H3. The average Bonchev–Trinajstić information content (AvgIpc) is 2.46. The van der Waals surface area contributed by atoms with Gasteiger partial charge in [-0.15, -0.1) is 0 Å². The van der Waals surface area contributed by atoms with Gasteiger partial charge in [0.15, 0.2) is 0 Å². The molecule has 0 spiro atoms. The lowest BCUT2D eigenvalue weighted by atomic mass is 9.97. The molecular formula is C16H25NO. The molecule has 0 heterocycles. The Morgan fingerprint density at radius 1 is 1.17 bits per heavy atom. The molecule has 1 saturated carbocycles. The van der Waals surface area contributed by atoms with Gasteiger partial charge in [0.05, 0.1) is 12.7 Å². The Morgan fingerprint density at radius 2 is 1.83 bits per heavy atom. The van der Waals surface area contributed by atoms with Gasteiger partial charge >= 0.3 is 0 Å². The van der Waals surface area contributed by atoms with Gasteiger partial charge in [-0.25, -0.2) is 0 Å². The summed E-state index contributed by atoms with van der Waals surface area (Å²) in [6, 6.07) is 8.70. The third-order valence-electron chi connectivity index (χ3n) is 3.94. The summed E-state index contributed by atoms with van der Waals surface area (Å²) >= 11 is 0. The van der Waals surface area contributed by atoms with Crippen LogP contribution in [0.5, 0.6) is 0 Å². The second kappa shape index (κ2) is 6.91. The average molecular weight is 247 g/mol. The van der Waals surface area contributed by atoms with Crippen LogP contribution in [0.3, 0.4) is 0 Å². The molecule has 2 heteroatoms. The highest BCUT2D eigenvalue weighted by Gasteiger charge is 2.13. The van der Waals surface area contributed by atoms with E-state index in [0.29, 0.717) is 18.6 Å². The summed E-state index contributed by atoms with van der Waals surface area (Å²) in [5, 5.41) is 0. The van der Waals surface area contributed by atoms with Gasteiger partial charge in [0.25, 0.3) is 0 Å². The van der Waals surface area contributed by atoms with Crippen LogP contribution >= 0.6 is 0 Å². The predicted molar refractivity (Wildman–Crippen MR) is 75.6 cm³/mol. The Hall–Kier alpha value is -0.860. The lowest BCUT2D eigenvalue weighted by Crippen LogP contribution is -2.16.